The third-order valence-corrected chi connectivity index (χ3v) is 3.28. The summed E-state index contributed by atoms with van der Waals surface area (Å²) in [6.45, 7) is 0. The molecule has 3 nitrogen and oxygen atoms in total. The van der Waals surface area contributed by atoms with Gasteiger partial charge in [-0.05, 0) is 11.5 Å². The van der Waals surface area contributed by atoms with Gasteiger partial charge in [-0.25, -0.2) is 4.31 Å². The molecule has 0 N–H and O–H groups in total. The lowest BCUT2D eigenvalue weighted by Crippen LogP contribution is -2.22. The molecular weight excluding hydrogens is 229 g/mol. The summed E-state index contributed by atoms with van der Waals surface area (Å²) in [5.74, 6) is 0. The van der Waals surface area contributed by atoms with E-state index in [2.05, 4.69) is 0 Å². The Bertz CT molecular complexity index is 619. The van der Waals surface area contributed by atoms with Crippen LogP contribution in [-0.2, 0) is 10.4 Å². The number of benzene rings is 2. The number of hydrogen-bond donors (Lipinski definition) is 0. The van der Waals surface area contributed by atoms with Gasteiger partial charge < -0.3 is 0 Å². The quantitative estimate of drug-likeness (QED) is 0.755. The number of fused-ring (bicyclic) bond motifs is 1. The van der Waals surface area contributed by atoms with E-state index in [9.17, 15) is 12.3 Å². The van der Waals surface area contributed by atoms with Crippen molar-refractivity contribution in [2.75, 3.05) is 11.4 Å². The minimum atomic E-state index is -4.71. The van der Waals surface area contributed by atoms with Crippen molar-refractivity contribution in [1.82, 2.24) is 0 Å². The van der Waals surface area contributed by atoms with Gasteiger partial charge in [0, 0.05) is 12.4 Å². The number of nitrogens with zero attached hydrogens (tertiary/aromatic N) is 1. The molecular formula is C11H10FNO2S. The van der Waals surface area contributed by atoms with E-state index in [1.165, 1.54) is 7.05 Å². The van der Waals surface area contributed by atoms with Crippen LogP contribution in [0.25, 0.3) is 10.8 Å². The van der Waals surface area contributed by atoms with Crippen LogP contribution < -0.4 is 4.31 Å². The molecule has 0 bridgehead atoms. The van der Waals surface area contributed by atoms with Gasteiger partial charge in [0.15, 0.2) is 0 Å². The third kappa shape index (κ3) is 1.86. The van der Waals surface area contributed by atoms with Gasteiger partial charge in [-0.2, -0.15) is 8.42 Å². The van der Waals surface area contributed by atoms with Crippen LogP contribution in [0.2, 0.25) is 0 Å². The predicted molar refractivity (Wildman–Crippen MR) is 62.4 cm³/mol. The largest absolute Gasteiger partial charge is 0.399 e. The van der Waals surface area contributed by atoms with Gasteiger partial charge in [0.2, 0.25) is 0 Å². The highest BCUT2D eigenvalue weighted by Crippen LogP contribution is 2.27. The summed E-state index contributed by atoms with van der Waals surface area (Å²) in [5, 5.41) is 1.57. The van der Waals surface area contributed by atoms with Crippen molar-refractivity contribution in [1.29, 1.82) is 0 Å². The minimum absolute atomic E-state index is 0.334. The fourth-order valence-electron chi connectivity index (χ4n) is 1.60. The molecule has 84 valence electrons. The Morgan fingerprint density at radius 2 is 1.69 bits per heavy atom. The molecule has 0 saturated heterocycles. The maximum atomic E-state index is 12.9. The predicted octanol–water partition coefficient (Wildman–Crippen LogP) is 2.49. The van der Waals surface area contributed by atoms with Crippen molar-refractivity contribution < 1.29 is 12.3 Å². The first-order valence-corrected chi connectivity index (χ1v) is 6.00. The molecule has 0 aliphatic rings. The van der Waals surface area contributed by atoms with Crippen LogP contribution in [0, 0.1) is 0 Å². The summed E-state index contributed by atoms with van der Waals surface area (Å²) in [7, 11) is -3.52. The first-order chi connectivity index (χ1) is 7.50. The fourth-order valence-corrected chi connectivity index (χ4v) is 1.99. The standard InChI is InChI=1S/C11H10FNO2S/c1-13(16(12,14)15)11-8-4-6-9-5-2-3-7-10(9)11/h2-8H,1H3. The van der Waals surface area contributed by atoms with Gasteiger partial charge in [-0.1, -0.05) is 40.3 Å². The maximum Gasteiger partial charge on any atom is 0.399 e. The second-order valence-corrected chi connectivity index (χ2v) is 4.78. The molecule has 0 unspecified atom stereocenters. The van der Waals surface area contributed by atoms with E-state index < -0.39 is 10.4 Å². The Hall–Kier alpha value is -1.62. The molecule has 0 saturated carbocycles. The second-order valence-electron chi connectivity index (χ2n) is 3.41. The summed E-state index contributed by atoms with van der Waals surface area (Å²) >= 11 is 0. The average molecular weight is 239 g/mol. The van der Waals surface area contributed by atoms with Gasteiger partial charge in [0.25, 0.3) is 0 Å². The monoisotopic (exact) mass is 239 g/mol. The second kappa shape index (κ2) is 3.75. The van der Waals surface area contributed by atoms with E-state index in [1.807, 2.05) is 18.2 Å². The van der Waals surface area contributed by atoms with Crippen molar-refractivity contribution >= 4 is 26.9 Å². The highest BCUT2D eigenvalue weighted by atomic mass is 32.3. The van der Waals surface area contributed by atoms with Crippen molar-refractivity contribution in [3.8, 4) is 0 Å². The maximum absolute atomic E-state index is 12.9. The topological polar surface area (TPSA) is 37.4 Å². The van der Waals surface area contributed by atoms with Crippen molar-refractivity contribution in [2.45, 2.75) is 0 Å². The Morgan fingerprint density at radius 3 is 2.38 bits per heavy atom. The summed E-state index contributed by atoms with van der Waals surface area (Å²) in [4.78, 5) is 0. The zero-order chi connectivity index (χ0) is 11.8. The van der Waals surface area contributed by atoms with Crippen molar-refractivity contribution in [3.63, 3.8) is 0 Å². The van der Waals surface area contributed by atoms with Crippen LogP contribution in [0.4, 0.5) is 9.57 Å². The van der Waals surface area contributed by atoms with Crippen LogP contribution in [0.5, 0.6) is 0 Å². The molecule has 0 atom stereocenters. The third-order valence-electron chi connectivity index (χ3n) is 2.43. The Kier molecular flexibility index (Phi) is 2.55. The fraction of sp³-hybridized carbons (Fsp3) is 0.0909. The summed E-state index contributed by atoms with van der Waals surface area (Å²) in [6.07, 6.45) is 0. The number of halogens is 1. The molecule has 0 aliphatic heterocycles. The average Bonchev–Trinajstić information content (AvgIpc) is 2.26. The van der Waals surface area contributed by atoms with E-state index in [4.69, 9.17) is 0 Å². The number of rotatable bonds is 2. The summed E-state index contributed by atoms with van der Waals surface area (Å²) < 4.78 is 35.2. The van der Waals surface area contributed by atoms with E-state index in [0.717, 1.165) is 5.39 Å². The van der Waals surface area contributed by atoms with Gasteiger partial charge in [0.05, 0.1) is 5.69 Å². The molecule has 5 heteroatoms. The van der Waals surface area contributed by atoms with Crippen molar-refractivity contribution in [2.24, 2.45) is 0 Å². The SMILES string of the molecule is CN(c1cccc2ccccc12)S(=O)(=O)F. The highest BCUT2D eigenvalue weighted by Gasteiger charge is 2.17. The van der Waals surface area contributed by atoms with Gasteiger partial charge in [-0.3, -0.25) is 0 Å². The van der Waals surface area contributed by atoms with E-state index in [1.54, 1.807) is 24.3 Å². The molecule has 16 heavy (non-hydrogen) atoms. The smallest absolute Gasteiger partial charge is 0.247 e. The van der Waals surface area contributed by atoms with Crippen LogP contribution >= 0.6 is 0 Å². The van der Waals surface area contributed by atoms with E-state index in [-0.39, 0.29) is 0 Å². The molecule has 0 amide bonds. The molecule has 2 rings (SSSR count). The molecule has 0 fully saturated rings. The van der Waals surface area contributed by atoms with Gasteiger partial charge in [0.1, 0.15) is 0 Å². The van der Waals surface area contributed by atoms with E-state index >= 15 is 0 Å². The Morgan fingerprint density at radius 1 is 1.06 bits per heavy atom. The van der Waals surface area contributed by atoms with Gasteiger partial charge >= 0.3 is 10.4 Å². The van der Waals surface area contributed by atoms with Crippen LogP contribution in [0.3, 0.4) is 0 Å². The Labute approximate surface area is 93.5 Å². The zero-order valence-electron chi connectivity index (χ0n) is 8.59. The molecule has 0 aliphatic carbocycles. The van der Waals surface area contributed by atoms with Crippen LogP contribution in [-0.4, -0.2) is 15.5 Å². The molecule has 0 heterocycles. The molecule has 2 aromatic carbocycles. The normalized spacial score (nSPS) is 11.6. The van der Waals surface area contributed by atoms with Crippen LogP contribution in [0.15, 0.2) is 42.5 Å². The lowest BCUT2D eigenvalue weighted by atomic mass is 10.1. The van der Waals surface area contributed by atoms with Crippen LogP contribution in [0.1, 0.15) is 0 Å². The van der Waals surface area contributed by atoms with Gasteiger partial charge in [-0.15, -0.1) is 0 Å². The lowest BCUT2D eigenvalue weighted by Gasteiger charge is -2.15. The first kappa shape index (κ1) is 10.9. The Balaban J connectivity index is 2.70. The first-order valence-electron chi connectivity index (χ1n) is 4.66. The molecule has 0 aromatic heterocycles. The van der Waals surface area contributed by atoms with E-state index in [0.29, 0.717) is 15.4 Å². The van der Waals surface area contributed by atoms with Crippen molar-refractivity contribution in [3.05, 3.63) is 42.5 Å². The zero-order valence-corrected chi connectivity index (χ0v) is 9.41. The molecule has 0 radical (unpaired) electrons. The molecule has 2 aromatic rings. The summed E-state index contributed by atoms with van der Waals surface area (Å²) in [5.41, 5.74) is 0.334. The lowest BCUT2D eigenvalue weighted by molar-refractivity contribution is 0.550. The number of anilines is 1. The number of hydrogen-bond acceptors (Lipinski definition) is 2. The molecule has 0 spiro atoms. The minimum Gasteiger partial charge on any atom is -0.247 e. The highest BCUT2D eigenvalue weighted by molar-refractivity contribution is 7.87. The summed E-state index contributed by atoms with van der Waals surface area (Å²) in [6, 6.07) is 12.3.